The van der Waals surface area contributed by atoms with Crippen molar-refractivity contribution in [2.75, 3.05) is 13.2 Å². The second kappa shape index (κ2) is 7.04. The molecule has 1 atom stereocenters. The smallest absolute Gasteiger partial charge is 0.306 e. The molecule has 0 saturated carbocycles. The summed E-state index contributed by atoms with van der Waals surface area (Å²) in [5.41, 5.74) is 2.87. The van der Waals surface area contributed by atoms with Crippen molar-refractivity contribution >= 4 is 11.7 Å². The molecule has 124 valence electrons. The van der Waals surface area contributed by atoms with Gasteiger partial charge >= 0.3 is 5.97 Å². The number of hydrogen-bond acceptors (Lipinski definition) is 6. The third kappa shape index (κ3) is 3.67. The zero-order valence-corrected chi connectivity index (χ0v) is 13.6. The first kappa shape index (κ1) is 15.9. The lowest BCUT2D eigenvalue weighted by Crippen LogP contribution is -2.26. The first-order valence-corrected chi connectivity index (χ1v) is 8.08. The monoisotopic (exact) mass is 318 g/mol. The van der Waals surface area contributed by atoms with E-state index in [0.29, 0.717) is 25.2 Å². The molecule has 2 aromatic rings. The van der Waals surface area contributed by atoms with E-state index < -0.39 is 0 Å². The van der Waals surface area contributed by atoms with Crippen LogP contribution >= 0.6 is 0 Å². The SMILES string of the molecule is Cc1nc2ncnn2c(C)c1CCC(=O)OCC1CCCCO1. The Labute approximate surface area is 135 Å². The van der Waals surface area contributed by atoms with Gasteiger partial charge in [-0.3, -0.25) is 4.79 Å². The summed E-state index contributed by atoms with van der Waals surface area (Å²) in [6.07, 6.45) is 5.67. The van der Waals surface area contributed by atoms with Gasteiger partial charge in [-0.1, -0.05) is 0 Å². The summed E-state index contributed by atoms with van der Waals surface area (Å²) in [6, 6.07) is 0. The average Bonchev–Trinajstić information content (AvgIpc) is 3.02. The Morgan fingerprint density at radius 2 is 2.30 bits per heavy atom. The van der Waals surface area contributed by atoms with Gasteiger partial charge in [0.2, 0.25) is 0 Å². The fourth-order valence-corrected chi connectivity index (χ4v) is 2.94. The lowest BCUT2D eigenvalue weighted by atomic mass is 10.1. The zero-order valence-electron chi connectivity index (χ0n) is 13.6. The summed E-state index contributed by atoms with van der Waals surface area (Å²) in [5, 5.41) is 4.15. The summed E-state index contributed by atoms with van der Waals surface area (Å²) >= 11 is 0. The first-order chi connectivity index (χ1) is 11.1. The Morgan fingerprint density at radius 1 is 1.43 bits per heavy atom. The number of esters is 1. The van der Waals surface area contributed by atoms with Gasteiger partial charge in [0.05, 0.1) is 6.10 Å². The van der Waals surface area contributed by atoms with Gasteiger partial charge in [0.1, 0.15) is 12.9 Å². The van der Waals surface area contributed by atoms with Crippen molar-refractivity contribution in [3.8, 4) is 0 Å². The molecule has 7 heteroatoms. The number of rotatable bonds is 5. The van der Waals surface area contributed by atoms with E-state index in [9.17, 15) is 4.79 Å². The van der Waals surface area contributed by atoms with Gasteiger partial charge in [-0.15, -0.1) is 0 Å². The molecule has 1 saturated heterocycles. The molecule has 7 nitrogen and oxygen atoms in total. The van der Waals surface area contributed by atoms with Crippen LogP contribution in [-0.2, 0) is 20.7 Å². The lowest BCUT2D eigenvalue weighted by molar-refractivity contribution is -0.149. The zero-order chi connectivity index (χ0) is 16.2. The van der Waals surface area contributed by atoms with Crippen molar-refractivity contribution in [3.63, 3.8) is 0 Å². The summed E-state index contributed by atoms with van der Waals surface area (Å²) in [4.78, 5) is 20.5. The summed E-state index contributed by atoms with van der Waals surface area (Å²) < 4.78 is 12.6. The van der Waals surface area contributed by atoms with E-state index in [2.05, 4.69) is 15.1 Å². The number of hydrogen-bond donors (Lipinski definition) is 0. The lowest BCUT2D eigenvalue weighted by Gasteiger charge is -2.22. The van der Waals surface area contributed by atoms with Crippen molar-refractivity contribution in [1.82, 2.24) is 19.6 Å². The quantitative estimate of drug-likeness (QED) is 0.782. The molecule has 0 aliphatic carbocycles. The predicted octanol–water partition coefficient (Wildman–Crippen LogP) is 1.79. The van der Waals surface area contributed by atoms with Crippen LogP contribution in [0.15, 0.2) is 6.33 Å². The molecule has 0 spiro atoms. The molecule has 2 aromatic heterocycles. The molecule has 0 radical (unpaired) electrons. The normalized spacial score (nSPS) is 18.3. The minimum Gasteiger partial charge on any atom is -0.463 e. The van der Waals surface area contributed by atoms with Gasteiger partial charge in [-0.05, 0) is 45.1 Å². The second-order valence-electron chi connectivity index (χ2n) is 5.90. The van der Waals surface area contributed by atoms with Gasteiger partial charge in [0.25, 0.3) is 5.78 Å². The van der Waals surface area contributed by atoms with Crippen LogP contribution < -0.4 is 0 Å². The molecule has 0 aromatic carbocycles. The molecular weight excluding hydrogens is 296 g/mol. The fraction of sp³-hybridized carbons (Fsp3) is 0.625. The first-order valence-electron chi connectivity index (χ1n) is 8.08. The third-order valence-corrected chi connectivity index (χ3v) is 4.27. The van der Waals surface area contributed by atoms with Crippen LogP contribution in [-0.4, -0.2) is 44.9 Å². The number of aryl methyl sites for hydroxylation is 2. The van der Waals surface area contributed by atoms with Crippen LogP contribution in [0, 0.1) is 13.8 Å². The van der Waals surface area contributed by atoms with Crippen LogP contribution in [0.25, 0.3) is 5.78 Å². The Kier molecular flexibility index (Phi) is 4.85. The highest BCUT2D eigenvalue weighted by atomic mass is 16.6. The second-order valence-corrected chi connectivity index (χ2v) is 5.90. The molecule has 1 unspecified atom stereocenters. The number of carbonyl (C=O) groups is 1. The Bertz CT molecular complexity index is 692. The van der Waals surface area contributed by atoms with Gasteiger partial charge < -0.3 is 9.47 Å². The maximum absolute atomic E-state index is 12.0. The van der Waals surface area contributed by atoms with E-state index >= 15 is 0 Å². The molecule has 0 bridgehead atoms. The number of carbonyl (C=O) groups excluding carboxylic acids is 1. The van der Waals surface area contributed by atoms with Crippen molar-refractivity contribution in [2.45, 2.75) is 52.1 Å². The maximum atomic E-state index is 12.0. The van der Waals surface area contributed by atoms with Crippen LogP contribution in [0.3, 0.4) is 0 Å². The Hall–Kier alpha value is -2.02. The minimum absolute atomic E-state index is 0.0596. The van der Waals surface area contributed by atoms with Gasteiger partial charge in [-0.2, -0.15) is 10.1 Å². The van der Waals surface area contributed by atoms with E-state index in [-0.39, 0.29) is 12.1 Å². The number of ether oxygens (including phenoxy) is 2. The molecule has 0 N–H and O–H groups in total. The van der Waals surface area contributed by atoms with Crippen LogP contribution in [0.1, 0.15) is 42.6 Å². The molecule has 0 amide bonds. The largest absolute Gasteiger partial charge is 0.463 e. The van der Waals surface area contributed by atoms with E-state index in [4.69, 9.17) is 9.47 Å². The highest BCUT2D eigenvalue weighted by Crippen LogP contribution is 2.16. The molecule has 1 fully saturated rings. The molecule has 1 aliphatic rings. The minimum atomic E-state index is -0.198. The number of fused-ring (bicyclic) bond motifs is 1. The van der Waals surface area contributed by atoms with Crippen molar-refractivity contribution < 1.29 is 14.3 Å². The highest BCUT2D eigenvalue weighted by Gasteiger charge is 2.17. The summed E-state index contributed by atoms with van der Waals surface area (Å²) in [6.45, 7) is 5.02. The topological polar surface area (TPSA) is 78.6 Å². The fourth-order valence-electron chi connectivity index (χ4n) is 2.94. The molecule has 3 heterocycles. The van der Waals surface area contributed by atoms with Gasteiger partial charge in [0.15, 0.2) is 0 Å². The van der Waals surface area contributed by atoms with Gasteiger partial charge in [0, 0.05) is 24.4 Å². The van der Waals surface area contributed by atoms with Crippen LogP contribution in [0.2, 0.25) is 0 Å². The van der Waals surface area contributed by atoms with E-state index in [1.165, 1.54) is 6.33 Å². The molecule has 3 rings (SSSR count). The average molecular weight is 318 g/mol. The summed E-state index contributed by atoms with van der Waals surface area (Å²) in [7, 11) is 0. The Morgan fingerprint density at radius 3 is 3.09 bits per heavy atom. The predicted molar refractivity (Wildman–Crippen MR) is 83.1 cm³/mol. The van der Waals surface area contributed by atoms with Crippen molar-refractivity contribution in [2.24, 2.45) is 0 Å². The van der Waals surface area contributed by atoms with E-state index in [0.717, 1.165) is 42.8 Å². The Balaban J connectivity index is 1.56. The molecule has 1 aliphatic heterocycles. The van der Waals surface area contributed by atoms with E-state index in [1.54, 1.807) is 4.52 Å². The number of aromatic nitrogens is 4. The van der Waals surface area contributed by atoms with Crippen LogP contribution in [0.4, 0.5) is 0 Å². The van der Waals surface area contributed by atoms with E-state index in [1.807, 2.05) is 13.8 Å². The van der Waals surface area contributed by atoms with Crippen LogP contribution in [0.5, 0.6) is 0 Å². The maximum Gasteiger partial charge on any atom is 0.306 e. The van der Waals surface area contributed by atoms with Crippen molar-refractivity contribution in [1.29, 1.82) is 0 Å². The van der Waals surface area contributed by atoms with Gasteiger partial charge in [-0.25, -0.2) is 9.50 Å². The third-order valence-electron chi connectivity index (χ3n) is 4.27. The standard InChI is InChI=1S/C16H22N4O3/c1-11-14(12(2)20-16(19-11)17-10-18-20)6-7-15(21)23-9-13-5-3-4-8-22-13/h10,13H,3-9H2,1-2H3. The highest BCUT2D eigenvalue weighted by molar-refractivity contribution is 5.69. The summed E-state index contributed by atoms with van der Waals surface area (Å²) in [5.74, 6) is 0.387. The molecular formula is C16H22N4O3. The number of nitrogens with zero attached hydrogens (tertiary/aromatic N) is 4. The molecule has 23 heavy (non-hydrogen) atoms. The van der Waals surface area contributed by atoms with Crippen molar-refractivity contribution in [3.05, 3.63) is 23.3 Å².